The molecule has 0 aromatic heterocycles. The van der Waals surface area contributed by atoms with Crippen molar-refractivity contribution in [2.45, 2.75) is 25.0 Å². The monoisotopic (exact) mass is 324 g/mol. The minimum atomic E-state index is -0.137. The van der Waals surface area contributed by atoms with Gasteiger partial charge in [-0.05, 0) is 43.7 Å². The van der Waals surface area contributed by atoms with Crippen molar-refractivity contribution in [3.63, 3.8) is 0 Å². The molecule has 1 N–H and O–H groups in total. The van der Waals surface area contributed by atoms with Crippen molar-refractivity contribution in [1.29, 1.82) is 0 Å². The quantitative estimate of drug-likeness (QED) is 0.895. The largest absolute Gasteiger partial charge is 0.484 e. The number of amides is 1. The zero-order valence-corrected chi connectivity index (χ0v) is 13.2. The molecule has 2 fully saturated rings. The van der Waals surface area contributed by atoms with Crippen LogP contribution in [0.25, 0.3) is 0 Å². The molecular formula is C16H21ClN2O3. The standard InChI is InChI=1S/C16H21ClN2O3/c17-12-3-5-14(6-4-12)22-11-16(20)18-8-15-9-19-7-1-2-13(19)10-21-15/h3-6,13,15H,1-2,7-11H2,(H,18,20)/t13-,15+/m1/s1. The Kier molecular flexibility index (Phi) is 5.18. The van der Waals surface area contributed by atoms with Crippen LogP contribution in [0, 0.1) is 0 Å². The topological polar surface area (TPSA) is 50.8 Å². The summed E-state index contributed by atoms with van der Waals surface area (Å²) in [6, 6.07) is 7.54. The van der Waals surface area contributed by atoms with E-state index in [0.29, 0.717) is 23.4 Å². The van der Waals surface area contributed by atoms with Gasteiger partial charge in [0.2, 0.25) is 0 Å². The van der Waals surface area contributed by atoms with Crippen LogP contribution in [0.5, 0.6) is 5.75 Å². The fraction of sp³-hybridized carbons (Fsp3) is 0.562. The van der Waals surface area contributed by atoms with E-state index in [2.05, 4.69) is 10.2 Å². The molecule has 22 heavy (non-hydrogen) atoms. The first kappa shape index (κ1) is 15.6. The van der Waals surface area contributed by atoms with E-state index in [1.165, 1.54) is 12.8 Å². The molecule has 0 saturated carbocycles. The van der Waals surface area contributed by atoms with Gasteiger partial charge in [-0.2, -0.15) is 0 Å². The molecule has 0 bridgehead atoms. The van der Waals surface area contributed by atoms with E-state index in [1.54, 1.807) is 24.3 Å². The Balaban J connectivity index is 1.36. The van der Waals surface area contributed by atoms with Gasteiger partial charge in [0.05, 0.1) is 12.7 Å². The van der Waals surface area contributed by atoms with E-state index >= 15 is 0 Å². The number of morpholine rings is 1. The predicted molar refractivity (Wildman–Crippen MR) is 84.3 cm³/mol. The molecule has 0 radical (unpaired) electrons. The lowest BCUT2D eigenvalue weighted by molar-refractivity contribution is -0.124. The summed E-state index contributed by atoms with van der Waals surface area (Å²) < 4.78 is 11.2. The number of carbonyl (C=O) groups is 1. The summed E-state index contributed by atoms with van der Waals surface area (Å²) >= 11 is 5.80. The maximum absolute atomic E-state index is 11.8. The van der Waals surface area contributed by atoms with Gasteiger partial charge in [0.25, 0.3) is 5.91 Å². The van der Waals surface area contributed by atoms with Crippen molar-refractivity contribution in [2.75, 3.05) is 32.8 Å². The molecule has 1 amide bonds. The van der Waals surface area contributed by atoms with E-state index in [4.69, 9.17) is 21.1 Å². The first-order valence-electron chi connectivity index (χ1n) is 7.71. The first-order chi connectivity index (χ1) is 10.7. The van der Waals surface area contributed by atoms with Gasteiger partial charge < -0.3 is 14.8 Å². The Bertz CT molecular complexity index is 509. The number of benzene rings is 1. The third kappa shape index (κ3) is 4.12. The molecule has 2 atom stereocenters. The molecule has 2 heterocycles. The third-order valence-corrected chi connectivity index (χ3v) is 4.42. The zero-order valence-electron chi connectivity index (χ0n) is 12.5. The molecule has 120 valence electrons. The molecule has 2 saturated heterocycles. The molecular weight excluding hydrogens is 304 g/mol. The minimum Gasteiger partial charge on any atom is -0.484 e. The number of carbonyl (C=O) groups excluding carboxylic acids is 1. The molecule has 2 aliphatic heterocycles. The molecule has 1 aromatic carbocycles. The maximum Gasteiger partial charge on any atom is 0.258 e. The van der Waals surface area contributed by atoms with Crippen molar-refractivity contribution >= 4 is 17.5 Å². The highest BCUT2D eigenvalue weighted by Crippen LogP contribution is 2.22. The average molecular weight is 325 g/mol. The summed E-state index contributed by atoms with van der Waals surface area (Å²) in [5.41, 5.74) is 0. The van der Waals surface area contributed by atoms with Crippen LogP contribution in [0.4, 0.5) is 0 Å². The smallest absolute Gasteiger partial charge is 0.258 e. The molecule has 2 aliphatic rings. The molecule has 6 heteroatoms. The Morgan fingerprint density at radius 3 is 3.05 bits per heavy atom. The number of ether oxygens (including phenoxy) is 2. The van der Waals surface area contributed by atoms with Gasteiger partial charge in [-0.15, -0.1) is 0 Å². The van der Waals surface area contributed by atoms with Crippen LogP contribution in [0.1, 0.15) is 12.8 Å². The third-order valence-electron chi connectivity index (χ3n) is 4.17. The number of nitrogens with one attached hydrogen (secondary N) is 1. The van der Waals surface area contributed by atoms with Crippen LogP contribution in [0.2, 0.25) is 5.02 Å². The van der Waals surface area contributed by atoms with Gasteiger partial charge in [0.1, 0.15) is 5.75 Å². The second-order valence-corrected chi connectivity index (χ2v) is 6.23. The van der Waals surface area contributed by atoms with Crippen LogP contribution in [0.15, 0.2) is 24.3 Å². The molecule has 0 aliphatic carbocycles. The van der Waals surface area contributed by atoms with Gasteiger partial charge in [-0.25, -0.2) is 0 Å². The highest BCUT2D eigenvalue weighted by molar-refractivity contribution is 6.30. The molecule has 3 rings (SSSR count). The fourth-order valence-electron chi connectivity index (χ4n) is 2.97. The van der Waals surface area contributed by atoms with Gasteiger partial charge in [-0.3, -0.25) is 9.69 Å². The van der Waals surface area contributed by atoms with Crippen LogP contribution < -0.4 is 10.1 Å². The SMILES string of the molecule is O=C(COc1ccc(Cl)cc1)NC[C@H]1CN2CCC[C@@H]2CO1. The second kappa shape index (κ2) is 7.31. The number of fused-ring (bicyclic) bond motifs is 1. The lowest BCUT2D eigenvalue weighted by Crippen LogP contribution is -2.50. The summed E-state index contributed by atoms with van der Waals surface area (Å²) in [6.07, 6.45) is 2.56. The molecule has 5 nitrogen and oxygen atoms in total. The van der Waals surface area contributed by atoms with E-state index in [9.17, 15) is 4.79 Å². The number of nitrogens with zero attached hydrogens (tertiary/aromatic N) is 1. The van der Waals surface area contributed by atoms with Gasteiger partial charge in [0.15, 0.2) is 6.61 Å². The summed E-state index contributed by atoms with van der Waals surface area (Å²) in [7, 11) is 0. The van der Waals surface area contributed by atoms with Crippen molar-refractivity contribution in [1.82, 2.24) is 10.2 Å². The van der Waals surface area contributed by atoms with E-state index in [0.717, 1.165) is 19.7 Å². The maximum atomic E-state index is 11.8. The number of hydrogen-bond donors (Lipinski definition) is 1. The zero-order chi connectivity index (χ0) is 15.4. The first-order valence-corrected chi connectivity index (χ1v) is 8.09. The lowest BCUT2D eigenvalue weighted by atomic mass is 10.2. The van der Waals surface area contributed by atoms with Crippen LogP contribution in [-0.4, -0.2) is 55.8 Å². The molecule has 0 spiro atoms. The average Bonchev–Trinajstić information content (AvgIpc) is 3.00. The van der Waals surface area contributed by atoms with Crippen molar-refractivity contribution in [3.05, 3.63) is 29.3 Å². The number of rotatable bonds is 5. The minimum absolute atomic E-state index is 0.000686. The van der Waals surface area contributed by atoms with E-state index in [-0.39, 0.29) is 18.6 Å². The highest BCUT2D eigenvalue weighted by atomic mass is 35.5. The van der Waals surface area contributed by atoms with Gasteiger partial charge >= 0.3 is 0 Å². The van der Waals surface area contributed by atoms with Crippen LogP contribution in [0.3, 0.4) is 0 Å². The molecule has 0 unspecified atom stereocenters. The van der Waals surface area contributed by atoms with Crippen molar-refractivity contribution < 1.29 is 14.3 Å². The number of halogens is 1. The fourth-order valence-corrected chi connectivity index (χ4v) is 3.09. The van der Waals surface area contributed by atoms with E-state index < -0.39 is 0 Å². The van der Waals surface area contributed by atoms with Crippen molar-refractivity contribution in [2.24, 2.45) is 0 Å². The Hall–Kier alpha value is -1.30. The van der Waals surface area contributed by atoms with Crippen LogP contribution >= 0.6 is 11.6 Å². The van der Waals surface area contributed by atoms with Crippen LogP contribution in [-0.2, 0) is 9.53 Å². The molecule has 1 aromatic rings. The highest BCUT2D eigenvalue weighted by Gasteiger charge is 2.32. The summed E-state index contributed by atoms with van der Waals surface area (Å²) in [5, 5.41) is 3.52. The normalized spacial score (nSPS) is 24.8. The van der Waals surface area contributed by atoms with E-state index in [1.807, 2.05) is 0 Å². The Morgan fingerprint density at radius 2 is 2.23 bits per heavy atom. The summed E-state index contributed by atoms with van der Waals surface area (Å²) in [5.74, 6) is 0.496. The Labute approximate surface area is 135 Å². The van der Waals surface area contributed by atoms with Gasteiger partial charge in [-0.1, -0.05) is 11.6 Å². The van der Waals surface area contributed by atoms with Crippen molar-refractivity contribution in [3.8, 4) is 5.75 Å². The predicted octanol–water partition coefficient (Wildman–Crippen LogP) is 1.70. The Morgan fingerprint density at radius 1 is 1.41 bits per heavy atom. The second-order valence-electron chi connectivity index (χ2n) is 5.79. The lowest BCUT2D eigenvalue weighted by Gasteiger charge is -2.35. The summed E-state index contributed by atoms with van der Waals surface area (Å²) in [6.45, 7) is 3.37. The summed E-state index contributed by atoms with van der Waals surface area (Å²) in [4.78, 5) is 14.3. The van der Waals surface area contributed by atoms with Gasteiger partial charge in [0, 0.05) is 24.2 Å². The number of hydrogen-bond acceptors (Lipinski definition) is 4.